The minimum Gasteiger partial charge on any atom is -0.397 e. The Morgan fingerprint density at radius 1 is 1.25 bits per heavy atom. The molecule has 2 N–H and O–H groups in total. The molecule has 0 fully saturated rings. The van der Waals surface area contributed by atoms with Crippen LogP contribution in [0, 0.1) is 0 Å². The zero-order valence-corrected chi connectivity index (χ0v) is 10.2. The highest BCUT2D eigenvalue weighted by Gasteiger charge is 2.07. The van der Waals surface area contributed by atoms with E-state index in [-0.39, 0.29) is 0 Å². The Kier molecular flexibility index (Phi) is 3.47. The van der Waals surface area contributed by atoms with Gasteiger partial charge in [-0.15, -0.1) is 0 Å². The lowest BCUT2D eigenvalue weighted by Gasteiger charge is -2.24. The fraction of sp³-hybridized carbons (Fsp3) is 0.231. The maximum Gasteiger partial charge on any atom is 0.0602 e. The van der Waals surface area contributed by atoms with Crippen molar-refractivity contribution in [1.82, 2.24) is 0 Å². The molecule has 2 aromatic rings. The molecule has 0 aliphatic heterocycles. The van der Waals surface area contributed by atoms with E-state index >= 15 is 0 Å². The van der Waals surface area contributed by atoms with Crippen LogP contribution in [0.25, 0.3) is 0 Å². The second kappa shape index (κ2) is 5.03. The second-order valence-corrected chi connectivity index (χ2v) is 4.48. The molecule has 1 aromatic carbocycles. The van der Waals surface area contributed by atoms with Gasteiger partial charge in [0.15, 0.2) is 0 Å². The van der Waals surface area contributed by atoms with Gasteiger partial charge in [0.25, 0.3) is 0 Å². The van der Waals surface area contributed by atoms with E-state index in [2.05, 4.69) is 34.7 Å². The van der Waals surface area contributed by atoms with Gasteiger partial charge in [0, 0.05) is 13.1 Å². The number of thiophene rings is 1. The van der Waals surface area contributed by atoms with Crippen LogP contribution in [0.5, 0.6) is 0 Å². The third-order valence-corrected chi connectivity index (χ3v) is 3.34. The summed E-state index contributed by atoms with van der Waals surface area (Å²) in [5.41, 5.74) is 9.30. The molecule has 0 radical (unpaired) electrons. The van der Waals surface area contributed by atoms with E-state index in [1.54, 1.807) is 11.3 Å². The van der Waals surface area contributed by atoms with Crippen molar-refractivity contribution in [3.05, 3.63) is 46.7 Å². The summed E-state index contributed by atoms with van der Waals surface area (Å²) in [6.07, 6.45) is 0. The van der Waals surface area contributed by atoms with Crippen LogP contribution in [0.2, 0.25) is 0 Å². The van der Waals surface area contributed by atoms with Crippen LogP contribution in [-0.4, -0.2) is 6.54 Å². The van der Waals surface area contributed by atoms with Gasteiger partial charge in [0.1, 0.15) is 0 Å². The summed E-state index contributed by atoms with van der Waals surface area (Å²) in [4.78, 5) is 2.29. The zero-order valence-electron chi connectivity index (χ0n) is 9.39. The Morgan fingerprint density at radius 3 is 2.69 bits per heavy atom. The van der Waals surface area contributed by atoms with Crippen LogP contribution >= 0.6 is 11.3 Å². The van der Waals surface area contributed by atoms with E-state index in [4.69, 9.17) is 5.73 Å². The first-order chi connectivity index (χ1) is 7.81. The van der Waals surface area contributed by atoms with Crippen LogP contribution in [0.1, 0.15) is 12.5 Å². The molecule has 3 heteroatoms. The summed E-state index contributed by atoms with van der Waals surface area (Å²) in [7, 11) is 0. The Labute approximate surface area is 100 Å². The number of para-hydroxylation sites is 2. The minimum atomic E-state index is 0.847. The maximum atomic E-state index is 5.99. The van der Waals surface area contributed by atoms with Crippen molar-refractivity contribution < 1.29 is 0 Å². The van der Waals surface area contributed by atoms with Gasteiger partial charge in [-0.3, -0.25) is 0 Å². The second-order valence-electron chi connectivity index (χ2n) is 3.70. The third kappa shape index (κ3) is 2.36. The van der Waals surface area contributed by atoms with Gasteiger partial charge in [-0.05, 0) is 41.4 Å². The SMILES string of the molecule is CCN(Cc1ccsc1)c1ccccc1N. The van der Waals surface area contributed by atoms with Gasteiger partial charge in [-0.25, -0.2) is 0 Å². The highest BCUT2D eigenvalue weighted by atomic mass is 32.1. The highest BCUT2D eigenvalue weighted by Crippen LogP contribution is 2.24. The topological polar surface area (TPSA) is 29.3 Å². The molecule has 0 saturated carbocycles. The molecule has 0 aliphatic rings. The fourth-order valence-corrected chi connectivity index (χ4v) is 2.41. The molecule has 0 bridgehead atoms. The number of rotatable bonds is 4. The van der Waals surface area contributed by atoms with Gasteiger partial charge < -0.3 is 10.6 Å². The third-order valence-electron chi connectivity index (χ3n) is 2.61. The molecule has 1 heterocycles. The number of hydrogen-bond acceptors (Lipinski definition) is 3. The molecule has 0 unspecified atom stereocenters. The monoisotopic (exact) mass is 232 g/mol. The minimum absolute atomic E-state index is 0.847. The van der Waals surface area contributed by atoms with Crippen molar-refractivity contribution in [3.8, 4) is 0 Å². The van der Waals surface area contributed by atoms with Crippen molar-refractivity contribution >= 4 is 22.7 Å². The summed E-state index contributed by atoms with van der Waals surface area (Å²) in [6.45, 7) is 4.04. The number of hydrogen-bond donors (Lipinski definition) is 1. The summed E-state index contributed by atoms with van der Waals surface area (Å²) >= 11 is 1.73. The molecule has 84 valence electrons. The quantitative estimate of drug-likeness (QED) is 0.819. The Balaban J connectivity index is 2.20. The fourth-order valence-electron chi connectivity index (χ4n) is 1.75. The molecule has 2 rings (SSSR count). The first-order valence-corrected chi connectivity index (χ1v) is 6.36. The summed E-state index contributed by atoms with van der Waals surface area (Å²) in [5, 5.41) is 4.29. The molecule has 0 amide bonds. The van der Waals surface area contributed by atoms with Crippen LogP contribution in [0.15, 0.2) is 41.1 Å². The van der Waals surface area contributed by atoms with Gasteiger partial charge in [0.2, 0.25) is 0 Å². The molecular formula is C13H16N2S. The Bertz CT molecular complexity index is 437. The van der Waals surface area contributed by atoms with Crippen molar-refractivity contribution in [3.63, 3.8) is 0 Å². The van der Waals surface area contributed by atoms with E-state index in [9.17, 15) is 0 Å². The van der Waals surface area contributed by atoms with Crippen molar-refractivity contribution in [2.45, 2.75) is 13.5 Å². The first-order valence-electron chi connectivity index (χ1n) is 5.41. The zero-order chi connectivity index (χ0) is 11.4. The molecule has 16 heavy (non-hydrogen) atoms. The number of benzene rings is 1. The first kappa shape index (κ1) is 11.0. The molecular weight excluding hydrogens is 216 g/mol. The summed E-state index contributed by atoms with van der Waals surface area (Å²) in [5.74, 6) is 0. The summed E-state index contributed by atoms with van der Waals surface area (Å²) < 4.78 is 0. The Morgan fingerprint density at radius 2 is 2.06 bits per heavy atom. The molecule has 0 aliphatic carbocycles. The van der Waals surface area contributed by atoms with Crippen LogP contribution in [0.3, 0.4) is 0 Å². The van der Waals surface area contributed by atoms with Gasteiger partial charge in [-0.1, -0.05) is 12.1 Å². The average molecular weight is 232 g/mol. The van der Waals surface area contributed by atoms with E-state index in [1.165, 1.54) is 5.56 Å². The number of nitrogen functional groups attached to an aromatic ring is 1. The van der Waals surface area contributed by atoms with Crippen LogP contribution < -0.4 is 10.6 Å². The average Bonchev–Trinajstić information content (AvgIpc) is 2.80. The van der Waals surface area contributed by atoms with E-state index < -0.39 is 0 Å². The van der Waals surface area contributed by atoms with Crippen LogP contribution in [0.4, 0.5) is 11.4 Å². The van der Waals surface area contributed by atoms with E-state index in [0.29, 0.717) is 0 Å². The van der Waals surface area contributed by atoms with Crippen molar-refractivity contribution in [2.24, 2.45) is 0 Å². The van der Waals surface area contributed by atoms with Crippen molar-refractivity contribution in [2.75, 3.05) is 17.2 Å². The predicted molar refractivity (Wildman–Crippen MR) is 71.9 cm³/mol. The smallest absolute Gasteiger partial charge is 0.0602 e. The van der Waals surface area contributed by atoms with Crippen LogP contribution in [-0.2, 0) is 6.54 Å². The van der Waals surface area contributed by atoms with Gasteiger partial charge in [0.05, 0.1) is 11.4 Å². The lowest BCUT2D eigenvalue weighted by molar-refractivity contribution is 0.836. The predicted octanol–water partition coefficient (Wildman–Crippen LogP) is 3.36. The summed E-state index contributed by atoms with van der Waals surface area (Å²) in [6, 6.07) is 10.2. The normalized spacial score (nSPS) is 10.3. The molecule has 0 saturated heterocycles. The molecule has 0 spiro atoms. The molecule has 2 nitrogen and oxygen atoms in total. The van der Waals surface area contributed by atoms with E-state index in [0.717, 1.165) is 24.5 Å². The lowest BCUT2D eigenvalue weighted by atomic mass is 10.2. The van der Waals surface area contributed by atoms with Gasteiger partial charge in [-0.2, -0.15) is 11.3 Å². The lowest BCUT2D eigenvalue weighted by Crippen LogP contribution is -2.22. The molecule has 1 aromatic heterocycles. The number of nitrogens with zero attached hydrogens (tertiary/aromatic N) is 1. The highest BCUT2D eigenvalue weighted by molar-refractivity contribution is 7.07. The van der Waals surface area contributed by atoms with Gasteiger partial charge >= 0.3 is 0 Å². The maximum absolute atomic E-state index is 5.99. The van der Waals surface area contributed by atoms with Crippen molar-refractivity contribution in [1.29, 1.82) is 0 Å². The van der Waals surface area contributed by atoms with E-state index in [1.807, 2.05) is 18.2 Å². The standard InChI is InChI=1S/C13H16N2S/c1-2-15(9-11-7-8-16-10-11)13-6-4-3-5-12(13)14/h3-8,10H,2,9,14H2,1H3. The Hall–Kier alpha value is -1.48. The number of anilines is 2. The largest absolute Gasteiger partial charge is 0.397 e. The molecule has 0 atom stereocenters. The number of nitrogens with two attached hydrogens (primary N) is 1.